The van der Waals surface area contributed by atoms with E-state index in [2.05, 4.69) is 20.4 Å². The molecule has 3 aromatic rings. The van der Waals surface area contributed by atoms with Gasteiger partial charge < -0.3 is 9.64 Å². The van der Waals surface area contributed by atoms with Crippen molar-refractivity contribution in [2.75, 3.05) is 25.0 Å². The number of ether oxygens (including phenoxy) is 1. The van der Waals surface area contributed by atoms with Gasteiger partial charge in [0.05, 0.1) is 17.6 Å². The lowest BCUT2D eigenvalue weighted by Gasteiger charge is -2.19. The number of nitrogens with one attached hydrogen (secondary N) is 1. The molecule has 10 nitrogen and oxygen atoms in total. The summed E-state index contributed by atoms with van der Waals surface area (Å²) in [6.45, 7) is 0.105. The molecule has 184 valence electrons. The summed E-state index contributed by atoms with van der Waals surface area (Å²) in [4.78, 5) is 34.7. The number of amides is 4. The van der Waals surface area contributed by atoms with Crippen LogP contribution in [0.4, 0.5) is 28.6 Å². The summed E-state index contributed by atoms with van der Waals surface area (Å²) >= 11 is 0. The lowest BCUT2D eigenvalue weighted by atomic mass is 10.2. The topological polar surface area (TPSA) is 105 Å². The van der Waals surface area contributed by atoms with E-state index in [1.807, 2.05) is 20.2 Å². The number of carbonyl (C=O) groups excluding carboxylic acids is 2. The molecule has 1 saturated heterocycles. The smallest absolute Gasteiger partial charge is 0.406 e. The highest BCUT2D eigenvalue weighted by molar-refractivity contribution is 6.01. The Bertz CT molecular complexity index is 1250. The van der Waals surface area contributed by atoms with E-state index in [9.17, 15) is 22.8 Å². The average molecular weight is 489 g/mol. The minimum absolute atomic E-state index is 0.145. The highest BCUT2D eigenvalue weighted by Crippen LogP contribution is 2.29. The first-order valence-corrected chi connectivity index (χ1v) is 10.7. The number of pyridine rings is 2. The van der Waals surface area contributed by atoms with Crippen LogP contribution in [0.2, 0.25) is 0 Å². The Kier molecular flexibility index (Phi) is 6.58. The first-order chi connectivity index (χ1) is 16.6. The number of hydrogen-bond donors (Lipinski definition) is 1. The third-order valence-corrected chi connectivity index (χ3v) is 5.17. The van der Waals surface area contributed by atoms with E-state index in [0.717, 1.165) is 10.5 Å². The molecule has 13 heteroatoms. The normalized spacial score (nSPS) is 13.9. The molecule has 4 rings (SSSR count). The lowest BCUT2D eigenvalue weighted by molar-refractivity contribution is -0.138. The van der Waals surface area contributed by atoms with Gasteiger partial charge in [-0.25, -0.2) is 19.5 Å². The van der Waals surface area contributed by atoms with Gasteiger partial charge in [-0.05, 0) is 24.6 Å². The van der Waals surface area contributed by atoms with Crippen molar-refractivity contribution in [3.8, 4) is 22.8 Å². The van der Waals surface area contributed by atoms with Crippen molar-refractivity contribution >= 4 is 17.9 Å². The second-order valence-electron chi connectivity index (χ2n) is 7.78. The van der Waals surface area contributed by atoms with Crippen LogP contribution in [0, 0.1) is 0 Å². The molecule has 3 aromatic heterocycles. The van der Waals surface area contributed by atoms with Gasteiger partial charge in [-0.1, -0.05) is 6.92 Å². The van der Waals surface area contributed by atoms with E-state index in [1.165, 1.54) is 6.07 Å². The molecular weight excluding hydrogens is 467 g/mol. The van der Waals surface area contributed by atoms with Crippen LogP contribution in [0.1, 0.15) is 12.6 Å². The fourth-order valence-corrected chi connectivity index (χ4v) is 3.53. The molecule has 4 heterocycles. The van der Waals surface area contributed by atoms with E-state index in [0.29, 0.717) is 34.2 Å². The van der Waals surface area contributed by atoms with Crippen LogP contribution in [-0.4, -0.2) is 67.4 Å². The minimum atomic E-state index is -4.54. The summed E-state index contributed by atoms with van der Waals surface area (Å²) in [7, 11) is 1.81. The molecule has 0 unspecified atom stereocenters. The summed E-state index contributed by atoms with van der Waals surface area (Å²) in [5.41, 5.74) is 2.05. The largest absolute Gasteiger partial charge is 0.455 e. The highest BCUT2D eigenvalue weighted by Gasteiger charge is 2.40. The van der Waals surface area contributed by atoms with Crippen LogP contribution in [0.5, 0.6) is 11.5 Å². The Morgan fingerprint density at radius 3 is 2.71 bits per heavy atom. The van der Waals surface area contributed by atoms with Gasteiger partial charge >= 0.3 is 18.2 Å². The molecule has 0 spiro atoms. The van der Waals surface area contributed by atoms with Gasteiger partial charge in [0.15, 0.2) is 0 Å². The van der Waals surface area contributed by atoms with Crippen LogP contribution in [0.25, 0.3) is 11.3 Å². The fraction of sp³-hybridized carbons (Fsp3) is 0.318. The summed E-state index contributed by atoms with van der Waals surface area (Å²) in [5.74, 6) is 1.13. The Labute approximate surface area is 198 Å². The van der Waals surface area contributed by atoms with Crippen molar-refractivity contribution in [1.82, 2.24) is 29.5 Å². The molecule has 0 aromatic carbocycles. The Hall–Kier alpha value is -4.16. The summed E-state index contributed by atoms with van der Waals surface area (Å²) in [6, 6.07) is 4.71. The minimum Gasteiger partial charge on any atom is -0.455 e. The molecule has 0 atom stereocenters. The Morgan fingerprint density at radius 1 is 1.23 bits per heavy atom. The third kappa shape index (κ3) is 5.67. The van der Waals surface area contributed by atoms with Crippen LogP contribution in [0.3, 0.4) is 0 Å². The van der Waals surface area contributed by atoms with Crippen molar-refractivity contribution in [1.29, 1.82) is 0 Å². The summed E-state index contributed by atoms with van der Waals surface area (Å²) < 4.78 is 45.5. The third-order valence-electron chi connectivity index (χ3n) is 5.17. The van der Waals surface area contributed by atoms with Crippen molar-refractivity contribution in [2.45, 2.75) is 19.5 Å². The van der Waals surface area contributed by atoms with E-state index < -0.39 is 24.8 Å². The van der Waals surface area contributed by atoms with Crippen LogP contribution in [-0.2, 0) is 13.5 Å². The van der Waals surface area contributed by atoms with E-state index >= 15 is 0 Å². The molecule has 1 aliphatic heterocycles. The number of urea groups is 2. The average Bonchev–Trinajstić information content (AvgIpc) is 3.39. The van der Waals surface area contributed by atoms with Gasteiger partial charge in [0.25, 0.3) is 0 Å². The fourth-order valence-electron chi connectivity index (χ4n) is 3.53. The van der Waals surface area contributed by atoms with Crippen molar-refractivity contribution in [3.05, 3.63) is 48.5 Å². The van der Waals surface area contributed by atoms with Gasteiger partial charge in [0.2, 0.25) is 0 Å². The van der Waals surface area contributed by atoms with Crippen molar-refractivity contribution in [3.63, 3.8) is 0 Å². The van der Waals surface area contributed by atoms with Gasteiger partial charge in [0.1, 0.15) is 23.9 Å². The SMILES string of the molecule is CCc1nc(NC(=O)N2CCN(CC(F)(F)F)C2=O)ccc1Oc1ccnc(-c2cnn(C)c2)c1. The first kappa shape index (κ1) is 24.0. The Balaban J connectivity index is 1.44. The summed E-state index contributed by atoms with van der Waals surface area (Å²) in [5, 5.41) is 6.60. The van der Waals surface area contributed by atoms with Crippen LogP contribution >= 0.6 is 0 Å². The maximum Gasteiger partial charge on any atom is 0.406 e. The number of aryl methyl sites for hydroxylation is 2. The molecule has 0 saturated carbocycles. The molecule has 35 heavy (non-hydrogen) atoms. The predicted molar refractivity (Wildman–Crippen MR) is 119 cm³/mol. The lowest BCUT2D eigenvalue weighted by Crippen LogP contribution is -2.41. The molecule has 0 bridgehead atoms. The number of rotatable bonds is 6. The Morgan fingerprint density at radius 2 is 2.03 bits per heavy atom. The van der Waals surface area contributed by atoms with Gasteiger partial charge in [-0.3, -0.25) is 15.0 Å². The van der Waals surface area contributed by atoms with E-state index in [4.69, 9.17) is 4.74 Å². The van der Waals surface area contributed by atoms with Crippen LogP contribution < -0.4 is 10.1 Å². The molecule has 0 aliphatic carbocycles. The maximum absolute atomic E-state index is 12.6. The van der Waals surface area contributed by atoms with Gasteiger partial charge in [-0.2, -0.15) is 18.3 Å². The van der Waals surface area contributed by atoms with E-state index in [1.54, 1.807) is 35.3 Å². The second-order valence-corrected chi connectivity index (χ2v) is 7.78. The number of hydrogen-bond acceptors (Lipinski definition) is 6. The van der Waals surface area contributed by atoms with Crippen LogP contribution in [0.15, 0.2) is 42.9 Å². The van der Waals surface area contributed by atoms with Gasteiger partial charge in [0, 0.05) is 44.2 Å². The number of imide groups is 1. The number of alkyl halides is 3. The second kappa shape index (κ2) is 9.60. The standard InChI is InChI=1S/C22H22F3N7O3/c1-3-16-18(35-15-6-7-26-17(10-15)14-11-27-30(2)12-14)4-5-19(28-16)29-20(33)32-9-8-31(21(32)34)13-22(23,24)25/h4-7,10-12H,3,8-9,13H2,1-2H3,(H,28,29,33). The number of aromatic nitrogens is 4. The molecule has 1 N–H and O–H groups in total. The highest BCUT2D eigenvalue weighted by atomic mass is 19.4. The van der Waals surface area contributed by atoms with Gasteiger partial charge in [-0.15, -0.1) is 0 Å². The zero-order valence-electron chi connectivity index (χ0n) is 18.9. The number of halogens is 3. The molecule has 0 radical (unpaired) electrons. The zero-order valence-corrected chi connectivity index (χ0v) is 18.9. The number of anilines is 1. The maximum atomic E-state index is 12.6. The van der Waals surface area contributed by atoms with Crippen molar-refractivity contribution < 1.29 is 27.5 Å². The molecule has 4 amide bonds. The zero-order chi connectivity index (χ0) is 25.2. The van der Waals surface area contributed by atoms with E-state index in [-0.39, 0.29) is 18.9 Å². The molecule has 1 aliphatic rings. The van der Waals surface area contributed by atoms with Crippen molar-refractivity contribution in [2.24, 2.45) is 7.05 Å². The quantitative estimate of drug-likeness (QED) is 0.560. The first-order valence-electron chi connectivity index (χ1n) is 10.7. The summed E-state index contributed by atoms with van der Waals surface area (Å²) in [6.07, 6.45) is 1.07. The molecule has 1 fully saturated rings. The molecular formula is C22H22F3N7O3. The predicted octanol–water partition coefficient (Wildman–Crippen LogP) is 4.06. The monoisotopic (exact) mass is 489 g/mol. The number of carbonyl (C=O) groups is 2. The number of nitrogens with zero attached hydrogens (tertiary/aromatic N) is 6.